The van der Waals surface area contributed by atoms with Crippen molar-refractivity contribution in [3.05, 3.63) is 88.9 Å². The number of carbonyl (C=O) groups excluding carboxylic acids is 4. The lowest BCUT2D eigenvalue weighted by molar-refractivity contribution is -0.123. The van der Waals surface area contributed by atoms with E-state index < -0.39 is 29.8 Å². The molecular formula is C24H17N3O6. The van der Waals surface area contributed by atoms with Crippen LogP contribution in [0.3, 0.4) is 0 Å². The van der Waals surface area contributed by atoms with E-state index >= 15 is 0 Å². The number of rotatable bonds is 6. The van der Waals surface area contributed by atoms with Crippen molar-refractivity contribution in [2.75, 3.05) is 5.32 Å². The highest BCUT2D eigenvalue weighted by Crippen LogP contribution is 2.26. The molecule has 2 heterocycles. The summed E-state index contributed by atoms with van der Waals surface area (Å²) in [5, 5.41) is 11.5. The number of nitrogens with one attached hydrogen (secondary N) is 1. The number of hydrogen-bond donors (Lipinski definition) is 1. The van der Waals surface area contributed by atoms with Crippen LogP contribution in [0.5, 0.6) is 0 Å². The zero-order chi connectivity index (χ0) is 23.5. The molecule has 2 aromatic carbocycles. The highest BCUT2D eigenvalue weighted by atomic mass is 16.5. The summed E-state index contributed by atoms with van der Waals surface area (Å²) >= 11 is 0. The van der Waals surface area contributed by atoms with Gasteiger partial charge in [0.05, 0.1) is 41.1 Å². The molecule has 3 amide bonds. The molecule has 0 aliphatic carbocycles. The Balaban J connectivity index is 1.44. The van der Waals surface area contributed by atoms with Gasteiger partial charge in [0.15, 0.2) is 6.10 Å². The van der Waals surface area contributed by atoms with Gasteiger partial charge in [-0.05, 0) is 55.5 Å². The number of carbonyl (C=O) groups is 4. The number of nitrogens with zero attached hydrogens (tertiary/aromatic N) is 2. The van der Waals surface area contributed by atoms with E-state index in [-0.39, 0.29) is 23.2 Å². The number of ether oxygens (including phenoxy) is 1. The number of fused-ring (bicyclic) bond motifs is 1. The molecule has 1 aromatic heterocycles. The van der Waals surface area contributed by atoms with Gasteiger partial charge in [-0.15, -0.1) is 0 Å². The predicted octanol–water partition coefficient (Wildman–Crippen LogP) is 3.13. The summed E-state index contributed by atoms with van der Waals surface area (Å²) in [6.45, 7) is 1.37. The van der Waals surface area contributed by atoms with E-state index in [9.17, 15) is 19.2 Å². The van der Waals surface area contributed by atoms with Crippen molar-refractivity contribution in [3.8, 4) is 6.07 Å². The molecule has 1 aliphatic rings. The van der Waals surface area contributed by atoms with Crippen LogP contribution in [-0.2, 0) is 16.1 Å². The Kier molecular flexibility index (Phi) is 5.74. The highest BCUT2D eigenvalue weighted by molar-refractivity contribution is 6.21. The van der Waals surface area contributed by atoms with E-state index in [0.717, 1.165) is 4.90 Å². The van der Waals surface area contributed by atoms with Gasteiger partial charge in [0.25, 0.3) is 17.7 Å². The van der Waals surface area contributed by atoms with E-state index in [0.29, 0.717) is 17.0 Å². The number of esters is 1. The average molecular weight is 443 g/mol. The van der Waals surface area contributed by atoms with E-state index in [1.807, 2.05) is 6.07 Å². The maximum absolute atomic E-state index is 12.7. The second-order valence-corrected chi connectivity index (χ2v) is 7.27. The molecule has 0 saturated heterocycles. The van der Waals surface area contributed by atoms with Crippen LogP contribution in [0.15, 0.2) is 65.3 Å². The van der Waals surface area contributed by atoms with Crippen LogP contribution in [0.25, 0.3) is 0 Å². The summed E-state index contributed by atoms with van der Waals surface area (Å²) in [4.78, 5) is 51.3. The van der Waals surface area contributed by atoms with Crippen LogP contribution >= 0.6 is 0 Å². The summed E-state index contributed by atoms with van der Waals surface area (Å²) in [5.74, 6) is -2.00. The molecule has 1 N–H and O–H groups in total. The number of imide groups is 1. The first kappa shape index (κ1) is 21.5. The van der Waals surface area contributed by atoms with Crippen LogP contribution in [0.2, 0.25) is 0 Å². The second kappa shape index (κ2) is 8.80. The van der Waals surface area contributed by atoms with Crippen LogP contribution in [-0.4, -0.2) is 34.7 Å². The summed E-state index contributed by atoms with van der Waals surface area (Å²) in [6, 6.07) is 15.6. The number of furan rings is 1. The number of hydrogen-bond acceptors (Lipinski definition) is 7. The molecule has 0 fully saturated rings. The topological polar surface area (TPSA) is 130 Å². The van der Waals surface area contributed by atoms with Crippen LogP contribution < -0.4 is 5.32 Å². The van der Waals surface area contributed by atoms with Gasteiger partial charge in [0.1, 0.15) is 5.76 Å². The fraction of sp³-hybridized carbons (Fsp3) is 0.125. The van der Waals surface area contributed by atoms with E-state index in [4.69, 9.17) is 14.4 Å². The normalized spacial score (nSPS) is 13.3. The Hall–Kier alpha value is -4.71. The molecule has 9 heteroatoms. The molecule has 0 saturated carbocycles. The van der Waals surface area contributed by atoms with E-state index in [1.54, 1.807) is 30.3 Å². The van der Waals surface area contributed by atoms with Crippen molar-refractivity contribution in [2.24, 2.45) is 0 Å². The quantitative estimate of drug-likeness (QED) is 0.458. The Labute approximate surface area is 188 Å². The highest BCUT2D eigenvalue weighted by Gasteiger charge is 2.36. The summed E-state index contributed by atoms with van der Waals surface area (Å²) in [6.07, 6.45) is 0.295. The van der Waals surface area contributed by atoms with Gasteiger partial charge in [-0.3, -0.25) is 19.3 Å². The number of anilines is 1. The third-order valence-electron chi connectivity index (χ3n) is 5.01. The molecular weight excluding hydrogens is 426 g/mol. The lowest BCUT2D eigenvalue weighted by Gasteiger charge is -2.14. The number of nitriles is 1. The van der Waals surface area contributed by atoms with Crippen molar-refractivity contribution in [2.45, 2.75) is 19.6 Å². The zero-order valence-electron chi connectivity index (χ0n) is 17.4. The summed E-state index contributed by atoms with van der Waals surface area (Å²) in [5.41, 5.74) is 1.04. The molecule has 33 heavy (non-hydrogen) atoms. The van der Waals surface area contributed by atoms with Crippen LogP contribution in [0.1, 0.15) is 49.3 Å². The van der Waals surface area contributed by atoms with Gasteiger partial charge in [0, 0.05) is 5.69 Å². The average Bonchev–Trinajstić information content (AvgIpc) is 3.42. The van der Waals surface area contributed by atoms with Gasteiger partial charge >= 0.3 is 5.97 Å². The molecule has 9 nitrogen and oxygen atoms in total. The molecule has 0 spiro atoms. The SMILES string of the molecule is C[C@@H](OC(=O)c1ccc2c(c1)C(=O)N(Cc1ccco1)C2=O)C(=O)Nc1cccc(C#N)c1. The van der Waals surface area contributed by atoms with Crippen molar-refractivity contribution >= 4 is 29.4 Å². The first-order valence-corrected chi connectivity index (χ1v) is 9.92. The maximum atomic E-state index is 12.7. The minimum absolute atomic E-state index is 0.0245. The fourth-order valence-electron chi connectivity index (χ4n) is 3.31. The lowest BCUT2D eigenvalue weighted by atomic mass is 10.1. The number of amides is 3. The lowest BCUT2D eigenvalue weighted by Crippen LogP contribution is -2.30. The first-order valence-electron chi connectivity index (χ1n) is 9.92. The smallest absolute Gasteiger partial charge is 0.338 e. The zero-order valence-corrected chi connectivity index (χ0v) is 17.4. The Bertz CT molecular complexity index is 1310. The van der Waals surface area contributed by atoms with Gasteiger partial charge in [-0.25, -0.2) is 4.79 Å². The first-order chi connectivity index (χ1) is 15.9. The van der Waals surface area contributed by atoms with Gasteiger partial charge in [-0.2, -0.15) is 5.26 Å². The molecule has 0 bridgehead atoms. The fourth-order valence-corrected chi connectivity index (χ4v) is 3.31. The minimum Gasteiger partial charge on any atom is -0.467 e. The molecule has 164 valence electrons. The third kappa shape index (κ3) is 4.36. The molecule has 4 rings (SSSR count). The van der Waals surface area contributed by atoms with Gasteiger partial charge in [-0.1, -0.05) is 6.07 Å². The van der Waals surface area contributed by atoms with Crippen LogP contribution in [0.4, 0.5) is 5.69 Å². The molecule has 0 radical (unpaired) electrons. The molecule has 3 aromatic rings. The monoisotopic (exact) mass is 443 g/mol. The second-order valence-electron chi connectivity index (χ2n) is 7.27. The van der Waals surface area contributed by atoms with Crippen molar-refractivity contribution in [1.29, 1.82) is 5.26 Å². The Morgan fingerprint density at radius 2 is 1.88 bits per heavy atom. The van der Waals surface area contributed by atoms with Crippen molar-refractivity contribution in [3.63, 3.8) is 0 Å². The maximum Gasteiger partial charge on any atom is 0.338 e. The Morgan fingerprint density at radius 3 is 2.61 bits per heavy atom. The standard InChI is InChI=1S/C24H17N3O6/c1-14(21(28)26-17-5-2-4-15(10-17)12-25)33-24(31)16-7-8-19-20(11-16)23(30)27(22(19)29)13-18-6-3-9-32-18/h2-11,14H,13H2,1H3,(H,26,28)/t14-/m1/s1. The van der Waals surface area contributed by atoms with Gasteiger partial charge in [0.2, 0.25) is 0 Å². The molecule has 1 aliphatic heterocycles. The Morgan fingerprint density at radius 1 is 1.09 bits per heavy atom. The van der Waals surface area contributed by atoms with Crippen molar-refractivity contribution in [1.82, 2.24) is 4.90 Å². The summed E-state index contributed by atoms with van der Waals surface area (Å²) in [7, 11) is 0. The largest absolute Gasteiger partial charge is 0.467 e. The minimum atomic E-state index is -1.15. The van der Waals surface area contributed by atoms with E-state index in [2.05, 4.69) is 5.32 Å². The molecule has 0 unspecified atom stereocenters. The van der Waals surface area contributed by atoms with E-state index in [1.165, 1.54) is 37.5 Å². The number of benzene rings is 2. The van der Waals surface area contributed by atoms with Crippen LogP contribution in [0, 0.1) is 11.3 Å². The van der Waals surface area contributed by atoms with Gasteiger partial charge < -0.3 is 14.5 Å². The summed E-state index contributed by atoms with van der Waals surface area (Å²) < 4.78 is 10.4. The van der Waals surface area contributed by atoms with Crippen molar-refractivity contribution < 1.29 is 28.3 Å². The predicted molar refractivity (Wildman–Crippen MR) is 114 cm³/mol. The molecule has 1 atom stereocenters. The third-order valence-corrected chi connectivity index (χ3v) is 5.01.